The van der Waals surface area contributed by atoms with Crippen LogP contribution in [0.4, 0.5) is 11.4 Å². The Hall–Kier alpha value is -3.27. The van der Waals surface area contributed by atoms with E-state index in [1.165, 1.54) is 0 Å². The number of amides is 1. The molecule has 1 amide bonds. The molecule has 4 nitrogen and oxygen atoms in total. The number of ether oxygens (including phenoxy) is 1. The van der Waals surface area contributed by atoms with E-state index >= 15 is 0 Å². The Balaban J connectivity index is 1.77. The molecule has 0 spiro atoms. The number of nitrogens with one attached hydrogen (secondary N) is 1. The SMILES string of the molecule is COc1ccc(C)cc1NC(=O)CN(Cc1ccccc1)c1ccccc1. The average molecular weight is 360 g/mol. The predicted octanol–water partition coefficient (Wildman–Crippen LogP) is 4.65. The largest absolute Gasteiger partial charge is 0.495 e. The van der Waals surface area contributed by atoms with E-state index in [9.17, 15) is 4.79 Å². The lowest BCUT2D eigenvalue weighted by molar-refractivity contribution is -0.115. The summed E-state index contributed by atoms with van der Waals surface area (Å²) < 4.78 is 5.36. The van der Waals surface area contributed by atoms with Gasteiger partial charge < -0.3 is 15.0 Å². The molecule has 0 unspecified atom stereocenters. The second-order valence-corrected chi connectivity index (χ2v) is 6.43. The summed E-state index contributed by atoms with van der Waals surface area (Å²) in [6.45, 7) is 2.89. The topological polar surface area (TPSA) is 41.6 Å². The first-order chi connectivity index (χ1) is 13.2. The van der Waals surface area contributed by atoms with Crippen molar-refractivity contribution in [1.29, 1.82) is 0 Å². The second kappa shape index (κ2) is 8.90. The van der Waals surface area contributed by atoms with Crippen molar-refractivity contribution in [2.45, 2.75) is 13.5 Å². The van der Waals surface area contributed by atoms with Crippen molar-refractivity contribution in [2.24, 2.45) is 0 Å². The Labute approximate surface area is 160 Å². The van der Waals surface area contributed by atoms with Crippen molar-refractivity contribution in [3.63, 3.8) is 0 Å². The second-order valence-electron chi connectivity index (χ2n) is 6.43. The molecule has 0 heterocycles. The van der Waals surface area contributed by atoms with Crippen molar-refractivity contribution in [1.82, 2.24) is 0 Å². The first-order valence-corrected chi connectivity index (χ1v) is 8.94. The van der Waals surface area contributed by atoms with Gasteiger partial charge in [0.05, 0.1) is 19.3 Å². The summed E-state index contributed by atoms with van der Waals surface area (Å²) in [6, 6.07) is 25.9. The third kappa shape index (κ3) is 5.11. The van der Waals surface area contributed by atoms with Crippen LogP contribution in [0.2, 0.25) is 0 Å². The summed E-state index contributed by atoms with van der Waals surface area (Å²) in [4.78, 5) is 14.8. The summed E-state index contributed by atoms with van der Waals surface area (Å²) in [5.41, 5.74) is 3.92. The monoisotopic (exact) mass is 360 g/mol. The molecule has 0 bridgehead atoms. The maximum atomic E-state index is 12.8. The predicted molar refractivity (Wildman–Crippen MR) is 110 cm³/mol. The molecule has 0 aromatic heterocycles. The number of nitrogens with zero attached hydrogens (tertiary/aromatic N) is 1. The maximum absolute atomic E-state index is 12.8. The van der Waals surface area contributed by atoms with Gasteiger partial charge in [-0.2, -0.15) is 0 Å². The molecular weight excluding hydrogens is 336 g/mol. The van der Waals surface area contributed by atoms with Gasteiger partial charge in [0.25, 0.3) is 0 Å². The summed E-state index contributed by atoms with van der Waals surface area (Å²) in [5.74, 6) is 0.571. The Morgan fingerprint density at radius 2 is 1.63 bits per heavy atom. The van der Waals surface area contributed by atoms with Crippen LogP contribution in [0, 0.1) is 6.92 Å². The van der Waals surface area contributed by atoms with Crippen molar-refractivity contribution >= 4 is 17.3 Å². The fraction of sp³-hybridized carbons (Fsp3) is 0.174. The quantitative estimate of drug-likeness (QED) is 0.667. The average Bonchev–Trinajstić information content (AvgIpc) is 2.69. The molecule has 4 heteroatoms. The highest BCUT2D eigenvalue weighted by molar-refractivity contribution is 5.95. The zero-order valence-corrected chi connectivity index (χ0v) is 15.7. The summed E-state index contributed by atoms with van der Waals surface area (Å²) in [7, 11) is 1.60. The lowest BCUT2D eigenvalue weighted by Gasteiger charge is -2.24. The maximum Gasteiger partial charge on any atom is 0.244 e. The van der Waals surface area contributed by atoms with Crippen LogP contribution in [0.25, 0.3) is 0 Å². The highest BCUT2D eigenvalue weighted by Crippen LogP contribution is 2.25. The minimum atomic E-state index is -0.0846. The van der Waals surface area contributed by atoms with Crippen LogP contribution in [0.3, 0.4) is 0 Å². The summed E-state index contributed by atoms with van der Waals surface area (Å²) in [6.07, 6.45) is 0. The number of carbonyl (C=O) groups excluding carboxylic acids is 1. The number of para-hydroxylation sites is 1. The van der Waals surface area contributed by atoms with E-state index in [0.717, 1.165) is 16.8 Å². The summed E-state index contributed by atoms with van der Waals surface area (Å²) >= 11 is 0. The summed E-state index contributed by atoms with van der Waals surface area (Å²) in [5, 5.41) is 2.98. The molecular formula is C23H24N2O2. The van der Waals surface area contributed by atoms with Crippen LogP contribution in [-0.2, 0) is 11.3 Å². The van der Waals surface area contributed by atoms with Gasteiger partial charge >= 0.3 is 0 Å². The van der Waals surface area contributed by atoms with Crippen LogP contribution in [0.5, 0.6) is 5.75 Å². The van der Waals surface area contributed by atoms with Crippen molar-refractivity contribution < 1.29 is 9.53 Å². The van der Waals surface area contributed by atoms with Crippen LogP contribution < -0.4 is 15.0 Å². The van der Waals surface area contributed by atoms with Gasteiger partial charge in [-0.3, -0.25) is 4.79 Å². The Morgan fingerprint density at radius 3 is 2.30 bits per heavy atom. The molecule has 0 atom stereocenters. The number of rotatable bonds is 7. The van der Waals surface area contributed by atoms with Gasteiger partial charge in [-0.1, -0.05) is 54.6 Å². The van der Waals surface area contributed by atoms with Crippen LogP contribution >= 0.6 is 0 Å². The molecule has 0 fully saturated rings. The minimum absolute atomic E-state index is 0.0846. The Kier molecular flexibility index (Phi) is 6.10. The smallest absolute Gasteiger partial charge is 0.244 e. The molecule has 0 saturated heterocycles. The van der Waals surface area contributed by atoms with Crippen LogP contribution in [0.15, 0.2) is 78.9 Å². The third-order valence-corrected chi connectivity index (χ3v) is 4.30. The van der Waals surface area contributed by atoms with Crippen molar-refractivity contribution in [3.8, 4) is 5.75 Å². The van der Waals surface area contributed by atoms with Gasteiger partial charge in [-0.15, -0.1) is 0 Å². The van der Waals surface area contributed by atoms with Gasteiger partial charge in [0.1, 0.15) is 5.75 Å². The highest BCUT2D eigenvalue weighted by atomic mass is 16.5. The van der Waals surface area contributed by atoms with Crippen LogP contribution in [0.1, 0.15) is 11.1 Å². The molecule has 0 saturated carbocycles. The standard InChI is InChI=1S/C23H24N2O2/c1-18-13-14-22(27-2)21(15-18)24-23(26)17-25(20-11-7-4-8-12-20)16-19-9-5-3-6-10-19/h3-15H,16-17H2,1-2H3,(H,24,26). The van der Waals surface area contributed by atoms with Gasteiger partial charge in [0.15, 0.2) is 0 Å². The first-order valence-electron chi connectivity index (χ1n) is 8.94. The molecule has 0 aliphatic rings. The van der Waals surface area contributed by atoms with Gasteiger partial charge in [0, 0.05) is 12.2 Å². The van der Waals surface area contributed by atoms with E-state index in [-0.39, 0.29) is 12.5 Å². The highest BCUT2D eigenvalue weighted by Gasteiger charge is 2.14. The molecule has 3 rings (SSSR count). The number of methoxy groups -OCH3 is 1. The molecule has 138 valence electrons. The van der Waals surface area contributed by atoms with Gasteiger partial charge in [0.2, 0.25) is 5.91 Å². The van der Waals surface area contributed by atoms with Gasteiger partial charge in [-0.05, 0) is 42.3 Å². The molecule has 0 aliphatic heterocycles. The number of hydrogen-bond donors (Lipinski definition) is 1. The van der Waals surface area contributed by atoms with E-state index in [1.807, 2.05) is 73.7 Å². The zero-order valence-electron chi connectivity index (χ0n) is 15.7. The number of carbonyl (C=O) groups is 1. The normalized spacial score (nSPS) is 10.3. The van der Waals surface area contributed by atoms with E-state index in [0.29, 0.717) is 18.0 Å². The molecule has 3 aromatic carbocycles. The van der Waals surface area contributed by atoms with Crippen LogP contribution in [-0.4, -0.2) is 19.6 Å². The molecule has 0 radical (unpaired) electrons. The van der Waals surface area contributed by atoms with Crippen molar-refractivity contribution in [3.05, 3.63) is 90.0 Å². The Morgan fingerprint density at radius 1 is 0.963 bits per heavy atom. The van der Waals surface area contributed by atoms with E-state index < -0.39 is 0 Å². The minimum Gasteiger partial charge on any atom is -0.495 e. The molecule has 1 N–H and O–H groups in total. The number of benzene rings is 3. The van der Waals surface area contributed by atoms with E-state index in [4.69, 9.17) is 4.74 Å². The lowest BCUT2D eigenvalue weighted by Crippen LogP contribution is -2.33. The van der Waals surface area contributed by atoms with E-state index in [2.05, 4.69) is 22.3 Å². The number of aryl methyl sites for hydroxylation is 1. The molecule has 3 aromatic rings. The fourth-order valence-corrected chi connectivity index (χ4v) is 2.96. The zero-order chi connectivity index (χ0) is 19.1. The first kappa shape index (κ1) is 18.5. The molecule has 0 aliphatic carbocycles. The molecule has 27 heavy (non-hydrogen) atoms. The fourth-order valence-electron chi connectivity index (χ4n) is 2.96. The van der Waals surface area contributed by atoms with Gasteiger partial charge in [-0.25, -0.2) is 0 Å². The third-order valence-electron chi connectivity index (χ3n) is 4.30. The lowest BCUT2D eigenvalue weighted by atomic mass is 10.2. The number of hydrogen-bond acceptors (Lipinski definition) is 3. The number of anilines is 2. The van der Waals surface area contributed by atoms with Crippen molar-refractivity contribution in [2.75, 3.05) is 23.9 Å². The van der Waals surface area contributed by atoms with E-state index in [1.54, 1.807) is 7.11 Å². The Bertz CT molecular complexity index is 879.